The van der Waals surface area contributed by atoms with E-state index in [9.17, 15) is 4.79 Å². The lowest BCUT2D eigenvalue weighted by molar-refractivity contribution is 0.210. The number of halogens is 2. The largest absolute Gasteiger partial charge is 0.506 e. The number of phenols is 1. The highest BCUT2D eigenvalue weighted by atomic mass is 35.5. The Bertz CT molecular complexity index is 354. The molecule has 0 aliphatic rings. The molecule has 6 heteroatoms. The van der Waals surface area contributed by atoms with Gasteiger partial charge >= 0.3 is 6.09 Å². The van der Waals surface area contributed by atoms with Gasteiger partial charge in [0.2, 0.25) is 0 Å². The number of hydrogen-bond acceptors (Lipinski definition) is 2. The standard InChI is InChI=1S/C7H5Cl2NO3/c8-3-1-4(9)6(11)2-5(3)10-7(12)13/h1-2,10-11H,(H,12,13). The Balaban J connectivity index is 3.08. The first kappa shape index (κ1) is 9.95. The Labute approximate surface area is 83.7 Å². The van der Waals surface area contributed by atoms with Crippen molar-refractivity contribution in [2.45, 2.75) is 0 Å². The molecule has 1 amide bonds. The fraction of sp³-hybridized carbons (Fsp3) is 0. The molecule has 0 aliphatic heterocycles. The zero-order valence-corrected chi connectivity index (χ0v) is 7.73. The SMILES string of the molecule is O=C(O)Nc1cc(O)c(Cl)cc1Cl. The summed E-state index contributed by atoms with van der Waals surface area (Å²) in [5, 5.41) is 19.7. The van der Waals surface area contributed by atoms with Gasteiger partial charge in [-0.05, 0) is 6.07 Å². The highest BCUT2D eigenvalue weighted by molar-refractivity contribution is 6.37. The summed E-state index contributed by atoms with van der Waals surface area (Å²) in [5.74, 6) is -0.227. The van der Waals surface area contributed by atoms with E-state index in [1.54, 1.807) is 0 Å². The van der Waals surface area contributed by atoms with Crippen LogP contribution in [0.25, 0.3) is 0 Å². The first-order valence-electron chi connectivity index (χ1n) is 3.18. The van der Waals surface area contributed by atoms with Gasteiger partial charge < -0.3 is 10.2 Å². The first-order valence-corrected chi connectivity index (χ1v) is 3.94. The molecule has 0 aromatic heterocycles. The minimum atomic E-state index is -1.26. The number of carbonyl (C=O) groups is 1. The fourth-order valence-electron chi connectivity index (χ4n) is 0.749. The van der Waals surface area contributed by atoms with E-state index in [1.807, 2.05) is 5.32 Å². The number of hydrogen-bond donors (Lipinski definition) is 3. The third kappa shape index (κ3) is 2.40. The van der Waals surface area contributed by atoms with E-state index in [-0.39, 0.29) is 21.5 Å². The number of phenolic OH excluding ortho intramolecular Hbond substituents is 1. The fourth-order valence-corrected chi connectivity index (χ4v) is 1.18. The maximum atomic E-state index is 10.2. The number of benzene rings is 1. The molecule has 0 atom stereocenters. The molecule has 0 heterocycles. The first-order chi connectivity index (χ1) is 6.00. The summed E-state index contributed by atoms with van der Waals surface area (Å²) in [4.78, 5) is 10.2. The molecule has 4 nitrogen and oxygen atoms in total. The summed E-state index contributed by atoms with van der Waals surface area (Å²) in [5.41, 5.74) is 0.0936. The molecular formula is C7H5Cl2NO3. The lowest BCUT2D eigenvalue weighted by Gasteiger charge is -2.05. The summed E-state index contributed by atoms with van der Waals surface area (Å²) in [6.45, 7) is 0. The van der Waals surface area contributed by atoms with Crippen LogP contribution >= 0.6 is 23.2 Å². The minimum absolute atomic E-state index is 0.0703. The second-order valence-corrected chi connectivity index (χ2v) is 3.03. The van der Waals surface area contributed by atoms with E-state index in [1.165, 1.54) is 6.07 Å². The van der Waals surface area contributed by atoms with Crippen LogP contribution < -0.4 is 5.32 Å². The van der Waals surface area contributed by atoms with Gasteiger partial charge in [0, 0.05) is 6.07 Å². The molecule has 13 heavy (non-hydrogen) atoms. The van der Waals surface area contributed by atoms with Gasteiger partial charge in [-0.15, -0.1) is 0 Å². The molecule has 0 radical (unpaired) electrons. The number of amides is 1. The maximum Gasteiger partial charge on any atom is 0.409 e. The molecule has 0 saturated heterocycles. The Morgan fingerprint density at radius 3 is 2.46 bits per heavy atom. The van der Waals surface area contributed by atoms with Crippen LogP contribution in [-0.2, 0) is 0 Å². The molecule has 0 unspecified atom stereocenters. The molecule has 70 valence electrons. The molecule has 3 N–H and O–H groups in total. The van der Waals surface area contributed by atoms with Crippen molar-refractivity contribution >= 4 is 35.0 Å². The summed E-state index contributed by atoms with van der Waals surface area (Å²) in [7, 11) is 0. The monoisotopic (exact) mass is 221 g/mol. The van der Waals surface area contributed by atoms with Crippen LogP contribution in [-0.4, -0.2) is 16.3 Å². The van der Waals surface area contributed by atoms with Gasteiger partial charge in [0.1, 0.15) is 5.75 Å². The van der Waals surface area contributed by atoms with Gasteiger partial charge in [-0.25, -0.2) is 4.79 Å². The number of rotatable bonds is 1. The Hall–Kier alpha value is -1.13. The van der Waals surface area contributed by atoms with Crippen LogP contribution in [0.5, 0.6) is 5.75 Å². The molecule has 0 aliphatic carbocycles. The zero-order chi connectivity index (χ0) is 10.0. The van der Waals surface area contributed by atoms with Crippen molar-refractivity contribution < 1.29 is 15.0 Å². The van der Waals surface area contributed by atoms with Crippen LogP contribution in [0, 0.1) is 0 Å². The lowest BCUT2D eigenvalue weighted by Crippen LogP contribution is -2.07. The topological polar surface area (TPSA) is 69.6 Å². The average Bonchev–Trinajstić information content (AvgIpc) is 1.99. The molecular weight excluding hydrogens is 217 g/mol. The van der Waals surface area contributed by atoms with Crippen LogP contribution in [0.3, 0.4) is 0 Å². The normalized spacial score (nSPS) is 9.69. The quantitative estimate of drug-likeness (QED) is 0.684. The van der Waals surface area contributed by atoms with Gasteiger partial charge in [-0.3, -0.25) is 5.32 Å². The second kappa shape index (κ2) is 3.72. The molecule has 1 rings (SSSR count). The van der Waals surface area contributed by atoms with Crippen molar-refractivity contribution in [3.63, 3.8) is 0 Å². The Kier molecular flexibility index (Phi) is 2.85. The van der Waals surface area contributed by atoms with Crippen LogP contribution in [0.2, 0.25) is 10.0 Å². The predicted molar refractivity (Wildman–Crippen MR) is 49.8 cm³/mol. The van der Waals surface area contributed by atoms with Gasteiger partial charge in [-0.2, -0.15) is 0 Å². The van der Waals surface area contributed by atoms with Crippen molar-refractivity contribution in [1.29, 1.82) is 0 Å². The molecule has 0 saturated carbocycles. The molecule has 0 spiro atoms. The van der Waals surface area contributed by atoms with Crippen molar-refractivity contribution in [2.75, 3.05) is 5.32 Å². The number of anilines is 1. The Morgan fingerprint density at radius 2 is 1.92 bits per heavy atom. The van der Waals surface area contributed by atoms with E-state index in [4.69, 9.17) is 33.4 Å². The Morgan fingerprint density at radius 1 is 1.31 bits per heavy atom. The number of carboxylic acid groups (broad SMARTS) is 1. The van der Waals surface area contributed by atoms with Gasteiger partial charge in [-0.1, -0.05) is 23.2 Å². The highest BCUT2D eigenvalue weighted by Gasteiger charge is 2.07. The summed E-state index contributed by atoms with van der Waals surface area (Å²) in [6.07, 6.45) is -1.26. The zero-order valence-electron chi connectivity index (χ0n) is 6.21. The third-order valence-corrected chi connectivity index (χ3v) is 1.89. The summed E-state index contributed by atoms with van der Waals surface area (Å²) >= 11 is 11.1. The van der Waals surface area contributed by atoms with Gasteiger partial charge in [0.15, 0.2) is 0 Å². The van der Waals surface area contributed by atoms with E-state index >= 15 is 0 Å². The van der Waals surface area contributed by atoms with Crippen molar-refractivity contribution in [1.82, 2.24) is 0 Å². The van der Waals surface area contributed by atoms with Crippen molar-refractivity contribution in [3.8, 4) is 5.75 Å². The molecule has 0 bridgehead atoms. The van der Waals surface area contributed by atoms with E-state index in [0.717, 1.165) is 6.07 Å². The predicted octanol–water partition coefficient (Wildman–Crippen LogP) is 2.79. The smallest absolute Gasteiger partial charge is 0.409 e. The number of aromatic hydroxyl groups is 1. The van der Waals surface area contributed by atoms with Crippen LogP contribution in [0.4, 0.5) is 10.5 Å². The molecule has 0 fully saturated rings. The summed E-state index contributed by atoms with van der Waals surface area (Å²) in [6, 6.07) is 2.39. The average molecular weight is 222 g/mol. The molecule has 1 aromatic rings. The maximum absolute atomic E-state index is 10.2. The van der Waals surface area contributed by atoms with Crippen LogP contribution in [0.1, 0.15) is 0 Å². The highest BCUT2D eigenvalue weighted by Crippen LogP contribution is 2.33. The minimum Gasteiger partial charge on any atom is -0.506 e. The number of nitrogens with one attached hydrogen (secondary N) is 1. The van der Waals surface area contributed by atoms with Crippen molar-refractivity contribution in [3.05, 3.63) is 22.2 Å². The molecule has 1 aromatic carbocycles. The third-order valence-electron chi connectivity index (χ3n) is 1.28. The van der Waals surface area contributed by atoms with Crippen molar-refractivity contribution in [2.24, 2.45) is 0 Å². The second-order valence-electron chi connectivity index (χ2n) is 2.21. The van der Waals surface area contributed by atoms with Crippen LogP contribution in [0.15, 0.2) is 12.1 Å². The van der Waals surface area contributed by atoms with E-state index in [2.05, 4.69) is 0 Å². The summed E-state index contributed by atoms with van der Waals surface area (Å²) < 4.78 is 0. The van der Waals surface area contributed by atoms with Gasteiger partial charge in [0.25, 0.3) is 0 Å². The van der Waals surface area contributed by atoms with E-state index in [0.29, 0.717) is 0 Å². The van der Waals surface area contributed by atoms with Gasteiger partial charge in [0.05, 0.1) is 15.7 Å². The van der Waals surface area contributed by atoms with E-state index < -0.39 is 6.09 Å². The lowest BCUT2D eigenvalue weighted by atomic mass is 10.3.